The Hall–Kier alpha value is -3.31. The van der Waals surface area contributed by atoms with Crippen LogP contribution < -0.4 is 9.47 Å². The second kappa shape index (κ2) is 13.3. The third kappa shape index (κ3) is 7.14. The number of nitrogens with zero attached hydrogens (tertiary/aromatic N) is 2. The average Bonchev–Trinajstić information content (AvgIpc) is 3.17. The van der Waals surface area contributed by atoms with Crippen LogP contribution in [0.1, 0.15) is 36.7 Å². The number of ether oxygens (including phenoxy) is 4. The van der Waals surface area contributed by atoms with E-state index in [-0.39, 0.29) is 19.1 Å². The van der Waals surface area contributed by atoms with Gasteiger partial charge in [0.15, 0.2) is 23.3 Å². The first-order chi connectivity index (χ1) is 17.8. The van der Waals surface area contributed by atoms with Gasteiger partial charge in [-0.05, 0) is 96.5 Å². The monoisotopic (exact) mass is 590 g/mol. The third-order valence-electron chi connectivity index (χ3n) is 4.99. The van der Waals surface area contributed by atoms with Gasteiger partial charge < -0.3 is 18.9 Å². The molecule has 1 heterocycles. The zero-order valence-electron chi connectivity index (χ0n) is 20.9. The van der Waals surface area contributed by atoms with E-state index in [0.717, 1.165) is 0 Å². The highest BCUT2D eigenvalue weighted by Gasteiger charge is 2.32. The number of hydrogen-bond acceptors (Lipinski definition) is 9. The summed E-state index contributed by atoms with van der Waals surface area (Å²) in [5, 5.41) is 0.531. The number of amidine groups is 1. The van der Waals surface area contributed by atoms with Gasteiger partial charge in [-0.3, -0.25) is 9.69 Å². The Morgan fingerprint density at radius 3 is 2.43 bits per heavy atom. The van der Waals surface area contributed by atoms with E-state index in [2.05, 4.69) is 20.9 Å². The molecule has 0 aliphatic carbocycles. The minimum Gasteiger partial charge on any atom is -0.490 e. The van der Waals surface area contributed by atoms with Crippen molar-refractivity contribution in [1.29, 1.82) is 0 Å². The molecule has 11 heteroatoms. The van der Waals surface area contributed by atoms with Crippen LogP contribution in [0.25, 0.3) is 6.08 Å². The molecule has 1 aliphatic heterocycles. The second-order valence-electron chi connectivity index (χ2n) is 7.45. The van der Waals surface area contributed by atoms with Gasteiger partial charge in [-0.15, -0.1) is 0 Å². The number of amides is 1. The van der Waals surface area contributed by atoms with Crippen molar-refractivity contribution in [3.63, 3.8) is 0 Å². The van der Waals surface area contributed by atoms with Crippen LogP contribution in [0.4, 0.5) is 5.69 Å². The summed E-state index contributed by atoms with van der Waals surface area (Å²) in [5.74, 6) is -0.290. The van der Waals surface area contributed by atoms with Crippen molar-refractivity contribution >= 4 is 62.5 Å². The number of hydrogen-bond donors (Lipinski definition) is 0. The number of carbonyl (C=O) groups excluding carboxylic acids is 3. The van der Waals surface area contributed by atoms with Gasteiger partial charge in [0.1, 0.15) is 0 Å². The Morgan fingerprint density at radius 2 is 1.81 bits per heavy atom. The van der Waals surface area contributed by atoms with Gasteiger partial charge in [0.05, 0.1) is 41.0 Å². The van der Waals surface area contributed by atoms with Crippen molar-refractivity contribution in [1.82, 2.24) is 4.90 Å². The maximum absolute atomic E-state index is 13.1. The first kappa shape index (κ1) is 28.3. The lowest BCUT2D eigenvalue weighted by molar-refractivity contribution is -0.145. The van der Waals surface area contributed by atoms with E-state index in [1.54, 1.807) is 54.3 Å². The van der Waals surface area contributed by atoms with Crippen LogP contribution in [0.2, 0.25) is 0 Å². The van der Waals surface area contributed by atoms with Crippen LogP contribution in [0.3, 0.4) is 0 Å². The summed E-state index contributed by atoms with van der Waals surface area (Å²) in [6.45, 7) is 6.26. The van der Waals surface area contributed by atoms with Crippen molar-refractivity contribution in [3.05, 3.63) is 56.9 Å². The molecule has 0 saturated carbocycles. The average molecular weight is 591 g/mol. The molecule has 1 saturated heterocycles. The number of methoxy groups -OCH3 is 1. The number of benzene rings is 2. The lowest BCUT2D eigenvalue weighted by Gasteiger charge is -2.14. The number of halogens is 1. The number of esters is 2. The smallest absolute Gasteiger partial charge is 0.344 e. The molecule has 196 valence electrons. The molecular formula is C26H27BrN2O7S. The molecule has 0 atom stereocenters. The van der Waals surface area contributed by atoms with Crippen molar-refractivity contribution in [2.45, 2.75) is 20.8 Å². The summed E-state index contributed by atoms with van der Waals surface area (Å²) >= 11 is 4.73. The predicted molar refractivity (Wildman–Crippen MR) is 145 cm³/mol. The number of aliphatic imine (C=N–C) groups is 1. The fourth-order valence-electron chi connectivity index (χ4n) is 3.33. The highest BCUT2D eigenvalue weighted by molar-refractivity contribution is 9.10. The second-order valence-corrected chi connectivity index (χ2v) is 9.31. The van der Waals surface area contributed by atoms with E-state index >= 15 is 0 Å². The van der Waals surface area contributed by atoms with Gasteiger partial charge in [0, 0.05) is 6.54 Å². The lowest BCUT2D eigenvalue weighted by Crippen LogP contribution is -2.28. The molecule has 0 spiro atoms. The number of carbonyl (C=O) groups is 3. The predicted octanol–water partition coefficient (Wildman–Crippen LogP) is 5.20. The topological polar surface area (TPSA) is 104 Å². The zero-order chi connectivity index (χ0) is 26.9. The summed E-state index contributed by atoms with van der Waals surface area (Å²) in [4.78, 5) is 43.2. The molecule has 1 aliphatic rings. The molecule has 0 bridgehead atoms. The van der Waals surface area contributed by atoms with E-state index in [1.807, 2.05) is 13.8 Å². The summed E-state index contributed by atoms with van der Waals surface area (Å²) in [5.41, 5.74) is 1.72. The molecule has 0 unspecified atom stereocenters. The molecule has 0 aromatic heterocycles. The Morgan fingerprint density at radius 1 is 1.08 bits per heavy atom. The molecule has 0 radical (unpaired) electrons. The van der Waals surface area contributed by atoms with Gasteiger partial charge in [-0.2, -0.15) is 0 Å². The van der Waals surface area contributed by atoms with Gasteiger partial charge in [0.2, 0.25) is 0 Å². The maximum Gasteiger partial charge on any atom is 0.344 e. The summed E-state index contributed by atoms with van der Waals surface area (Å²) in [6.07, 6.45) is 1.75. The van der Waals surface area contributed by atoms with Gasteiger partial charge in [-0.25, -0.2) is 14.6 Å². The van der Waals surface area contributed by atoms with Gasteiger partial charge >= 0.3 is 11.9 Å². The SMILES string of the molecule is CCOC(=O)COc1c(Br)cc(/C=C2/SC(=Nc3ccc(C(=O)OC)cc3)N(CC)C2=O)cc1OCC. The van der Waals surface area contributed by atoms with Gasteiger partial charge in [0.25, 0.3) is 5.91 Å². The Balaban J connectivity index is 1.88. The standard InChI is InChI=1S/C26H27BrN2O7S/c1-5-29-24(31)21(37-26(29)28-18-10-8-17(9-11-18)25(32)33-4)14-16-12-19(27)23(20(13-16)34-6-2)36-15-22(30)35-7-3/h8-14H,5-7,15H2,1-4H3/b21-14+,28-26?. The number of rotatable bonds is 10. The number of likely N-dealkylation sites (N-methyl/N-ethyl adjacent to an activating group) is 1. The van der Waals surface area contributed by atoms with E-state index in [1.165, 1.54) is 18.9 Å². The molecule has 2 aromatic carbocycles. The third-order valence-corrected chi connectivity index (χ3v) is 6.58. The molecule has 9 nitrogen and oxygen atoms in total. The Kier molecular flexibility index (Phi) is 10.2. The Labute approximate surface area is 227 Å². The zero-order valence-corrected chi connectivity index (χ0v) is 23.3. The van der Waals surface area contributed by atoms with Crippen molar-refractivity contribution < 1.29 is 33.3 Å². The first-order valence-corrected chi connectivity index (χ1v) is 13.1. The molecule has 3 rings (SSSR count). The molecule has 37 heavy (non-hydrogen) atoms. The minimum atomic E-state index is -0.484. The quantitative estimate of drug-likeness (QED) is 0.275. The van der Waals surface area contributed by atoms with E-state index in [4.69, 9.17) is 18.9 Å². The molecule has 0 N–H and O–H groups in total. The fourth-order valence-corrected chi connectivity index (χ4v) is 4.97. The van der Waals surface area contributed by atoms with Crippen molar-refractivity contribution in [2.75, 3.05) is 33.5 Å². The fraction of sp³-hybridized carbons (Fsp3) is 0.308. The van der Waals surface area contributed by atoms with Crippen LogP contribution in [0, 0.1) is 0 Å². The molecule has 1 fully saturated rings. The first-order valence-electron chi connectivity index (χ1n) is 11.5. The molecule has 2 aromatic rings. The highest BCUT2D eigenvalue weighted by Crippen LogP contribution is 2.39. The van der Waals surface area contributed by atoms with E-state index in [9.17, 15) is 14.4 Å². The Bertz CT molecular complexity index is 1230. The van der Waals surface area contributed by atoms with Crippen molar-refractivity contribution in [3.8, 4) is 11.5 Å². The number of thioether (sulfide) groups is 1. The highest BCUT2D eigenvalue weighted by atomic mass is 79.9. The van der Waals surface area contributed by atoms with Crippen molar-refractivity contribution in [2.24, 2.45) is 4.99 Å². The maximum atomic E-state index is 13.1. The van der Waals surface area contributed by atoms with Crippen LogP contribution in [-0.4, -0.2) is 61.4 Å². The minimum absolute atomic E-state index is 0.172. The van der Waals surface area contributed by atoms with Crippen LogP contribution >= 0.6 is 27.7 Å². The van der Waals surface area contributed by atoms with E-state index in [0.29, 0.717) is 56.0 Å². The van der Waals surface area contributed by atoms with Crippen LogP contribution in [0.15, 0.2) is 50.8 Å². The van der Waals surface area contributed by atoms with Crippen LogP contribution in [0.5, 0.6) is 11.5 Å². The summed E-state index contributed by atoms with van der Waals surface area (Å²) in [6, 6.07) is 10.2. The normalized spacial score (nSPS) is 15.3. The van der Waals surface area contributed by atoms with Crippen LogP contribution in [-0.2, 0) is 19.1 Å². The van der Waals surface area contributed by atoms with E-state index < -0.39 is 11.9 Å². The largest absolute Gasteiger partial charge is 0.490 e. The summed E-state index contributed by atoms with van der Waals surface area (Å²) in [7, 11) is 1.32. The molecule has 1 amide bonds. The summed E-state index contributed by atoms with van der Waals surface area (Å²) < 4.78 is 21.6. The molecular weight excluding hydrogens is 564 g/mol. The van der Waals surface area contributed by atoms with Gasteiger partial charge in [-0.1, -0.05) is 0 Å². The lowest BCUT2D eigenvalue weighted by atomic mass is 10.2.